The van der Waals surface area contributed by atoms with Gasteiger partial charge in [0.2, 0.25) is 11.8 Å². The van der Waals surface area contributed by atoms with Gasteiger partial charge in [0.05, 0.1) is 10.5 Å². The summed E-state index contributed by atoms with van der Waals surface area (Å²) in [5.74, 6) is 9.51. The Bertz CT molecular complexity index is 415. The number of thioether (sulfide) groups is 2. The van der Waals surface area contributed by atoms with Gasteiger partial charge in [0.25, 0.3) is 0 Å². The molecule has 0 saturated carbocycles. The van der Waals surface area contributed by atoms with E-state index in [1.54, 1.807) is 13.8 Å². The largest absolute Gasteiger partial charge is 0.293 e. The van der Waals surface area contributed by atoms with Gasteiger partial charge in [-0.05, 0) is 13.8 Å². The monoisotopic (exact) mass is 322 g/mol. The first-order valence-electron chi connectivity index (χ1n) is 5.15. The van der Waals surface area contributed by atoms with Crippen LogP contribution in [0.2, 0.25) is 0 Å². The molecule has 0 fully saturated rings. The van der Waals surface area contributed by atoms with E-state index in [4.69, 9.17) is 11.7 Å². The molecular formula is C8H14N6O2S3. The lowest BCUT2D eigenvalue weighted by atomic mass is 10.5. The van der Waals surface area contributed by atoms with E-state index in [0.29, 0.717) is 8.68 Å². The Morgan fingerprint density at radius 3 is 1.74 bits per heavy atom. The first kappa shape index (κ1) is 16.2. The molecule has 8 nitrogen and oxygen atoms in total. The minimum Gasteiger partial charge on any atom is -0.293 e. The fourth-order valence-electron chi connectivity index (χ4n) is 0.937. The van der Waals surface area contributed by atoms with Crippen LogP contribution in [0.5, 0.6) is 0 Å². The van der Waals surface area contributed by atoms with E-state index in [1.165, 1.54) is 34.9 Å². The molecule has 1 aromatic rings. The van der Waals surface area contributed by atoms with Gasteiger partial charge in [-0.3, -0.25) is 20.4 Å². The van der Waals surface area contributed by atoms with Crippen LogP contribution in [0.3, 0.4) is 0 Å². The van der Waals surface area contributed by atoms with E-state index in [0.717, 1.165) is 0 Å². The molecule has 0 aromatic carbocycles. The molecule has 11 heteroatoms. The average Bonchev–Trinajstić information content (AvgIpc) is 2.83. The number of hydrogen-bond donors (Lipinski definition) is 4. The fraction of sp³-hybridized carbons (Fsp3) is 0.500. The van der Waals surface area contributed by atoms with Crippen LogP contribution in [-0.2, 0) is 9.59 Å². The number of nitrogens with one attached hydrogen (secondary N) is 2. The van der Waals surface area contributed by atoms with Crippen molar-refractivity contribution in [3.63, 3.8) is 0 Å². The molecule has 0 spiro atoms. The van der Waals surface area contributed by atoms with E-state index in [9.17, 15) is 9.59 Å². The van der Waals surface area contributed by atoms with E-state index >= 15 is 0 Å². The summed E-state index contributed by atoms with van der Waals surface area (Å²) in [6, 6.07) is 0. The van der Waals surface area contributed by atoms with Crippen molar-refractivity contribution in [3.05, 3.63) is 0 Å². The zero-order chi connectivity index (χ0) is 14.4. The molecule has 0 bridgehead atoms. The lowest BCUT2D eigenvalue weighted by Gasteiger charge is -2.06. The molecule has 0 radical (unpaired) electrons. The second-order valence-corrected chi connectivity index (χ2v) is 7.52. The summed E-state index contributed by atoms with van der Waals surface area (Å²) in [5, 5.41) is 7.15. The summed E-state index contributed by atoms with van der Waals surface area (Å²) < 4.78 is 1.28. The molecule has 1 aromatic heterocycles. The van der Waals surface area contributed by atoms with Gasteiger partial charge in [0, 0.05) is 0 Å². The molecule has 0 aliphatic heterocycles. The zero-order valence-corrected chi connectivity index (χ0v) is 12.7. The maximum absolute atomic E-state index is 11.3. The van der Waals surface area contributed by atoms with Crippen molar-refractivity contribution >= 4 is 46.7 Å². The van der Waals surface area contributed by atoms with E-state index in [2.05, 4.69) is 21.0 Å². The summed E-state index contributed by atoms with van der Waals surface area (Å²) in [6.45, 7) is 3.43. The molecule has 0 aliphatic carbocycles. The van der Waals surface area contributed by atoms with E-state index in [-0.39, 0.29) is 22.3 Å². The quantitative estimate of drug-likeness (QED) is 0.238. The minimum atomic E-state index is -0.361. The predicted molar refractivity (Wildman–Crippen MR) is 75.2 cm³/mol. The van der Waals surface area contributed by atoms with Crippen molar-refractivity contribution in [3.8, 4) is 0 Å². The smallest absolute Gasteiger partial charge is 0.247 e. The van der Waals surface area contributed by atoms with Crippen LogP contribution in [0.1, 0.15) is 13.8 Å². The van der Waals surface area contributed by atoms with Crippen molar-refractivity contribution in [2.45, 2.75) is 33.0 Å². The molecule has 2 atom stereocenters. The summed E-state index contributed by atoms with van der Waals surface area (Å²) >= 11 is 3.81. The SMILES string of the molecule is C[C@H](Sc1nnc(S[C@H](C)C(=O)NN)s1)C(=O)NN. The lowest BCUT2D eigenvalue weighted by molar-refractivity contribution is -0.121. The van der Waals surface area contributed by atoms with Gasteiger partial charge in [0.1, 0.15) is 0 Å². The van der Waals surface area contributed by atoms with Crippen molar-refractivity contribution in [2.24, 2.45) is 11.7 Å². The van der Waals surface area contributed by atoms with Crippen LogP contribution in [0.25, 0.3) is 0 Å². The summed E-state index contributed by atoms with van der Waals surface area (Å²) in [5.41, 5.74) is 4.14. The van der Waals surface area contributed by atoms with Crippen LogP contribution < -0.4 is 22.5 Å². The number of carbonyl (C=O) groups excluding carboxylic acids is 2. The normalized spacial score (nSPS) is 13.7. The number of carbonyl (C=O) groups is 2. The number of hydrazine groups is 2. The highest BCUT2D eigenvalue weighted by Crippen LogP contribution is 2.32. The number of nitrogens with zero attached hydrogens (tertiary/aromatic N) is 2. The van der Waals surface area contributed by atoms with Crippen LogP contribution in [-0.4, -0.2) is 32.5 Å². The van der Waals surface area contributed by atoms with Crippen LogP contribution >= 0.6 is 34.9 Å². The third-order valence-corrected chi connectivity index (χ3v) is 5.26. The Morgan fingerprint density at radius 2 is 1.42 bits per heavy atom. The second kappa shape index (κ2) is 7.65. The molecule has 1 heterocycles. The third-order valence-electron chi connectivity index (χ3n) is 1.97. The maximum Gasteiger partial charge on any atom is 0.247 e. The fourth-order valence-corrected chi connectivity index (χ4v) is 4.26. The zero-order valence-electron chi connectivity index (χ0n) is 10.2. The van der Waals surface area contributed by atoms with Gasteiger partial charge in [0.15, 0.2) is 8.68 Å². The van der Waals surface area contributed by atoms with E-state index < -0.39 is 0 Å². The highest BCUT2D eigenvalue weighted by molar-refractivity contribution is 8.04. The van der Waals surface area contributed by atoms with Crippen LogP contribution in [0.4, 0.5) is 0 Å². The molecular weight excluding hydrogens is 308 g/mol. The lowest BCUT2D eigenvalue weighted by Crippen LogP contribution is -2.36. The Morgan fingerprint density at radius 1 is 1.05 bits per heavy atom. The van der Waals surface area contributed by atoms with Gasteiger partial charge in [-0.2, -0.15) is 0 Å². The number of hydrogen-bond acceptors (Lipinski definition) is 9. The standard InChI is InChI=1S/C8H14N6O2S3/c1-3(5(15)11-9)17-7-13-14-8(19-7)18-4(2)6(16)12-10/h3-4H,9-10H2,1-2H3,(H,11,15)(H,12,16)/t3-,4+. The highest BCUT2D eigenvalue weighted by atomic mass is 32.2. The van der Waals surface area contributed by atoms with Crippen molar-refractivity contribution in [1.29, 1.82) is 0 Å². The van der Waals surface area contributed by atoms with Gasteiger partial charge in [-0.1, -0.05) is 34.9 Å². The highest BCUT2D eigenvalue weighted by Gasteiger charge is 2.19. The predicted octanol–water partition coefficient (Wildman–Crippen LogP) is -0.521. The molecule has 6 N–H and O–H groups in total. The van der Waals surface area contributed by atoms with Crippen LogP contribution in [0, 0.1) is 0 Å². The molecule has 0 unspecified atom stereocenters. The summed E-state index contributed by atoms with van der Waals surface area (Å²) in [6.07, 6.45) is 0. The van der Waals surface area contributed by atoms with Crippen molar-refractivity contribution in [1.82, 2.24) is 21.0 Å². The Hall–Kier alpha value is -0.880. The number of nitrogens with two attached hydrogens (primary N) is 2. The molecule has 0 saturated heterocycles. The van der Waals surface area contributed by atoms with Gasteiger partial charge in [-0.25, -0.2) is 11.7 Å². The second-order valence-electron chi connectivity index (χ2n) is 3.37. The molecule has 1 rings (SSSR count). The number of amides is 2. The Balaban J connectivity index is 2.57. The minimum absolute atomic E-state index is 0.287. The first-order valence-corrected chi connectivity index (χ1v) is 7.73. The Kier molecular flexibility index (Phi) is 6.51. The van der Waals surface area contributed by atoms with Crippen LogP contribution in [0.15, 0.2) is 8.68 Å². The average molecular weight is 322 g/mol. The topological polar surface area (TPSA) is 136 Å². The van der Waals surface area contributed by atoms with Gasteiger partial charge < -0.3 is 0 Å². The molecule has 0 aliphatic rings. The molecule has 106 valence electrons. The third kappa shape index (κ3) is 4.95. The van der Waals surface area contributed by atoms with Gasteiger partial charge >= 0.3 is 0 Å². The maximum atomic E-state index is 11.3. The van der Waals surface area contributed by atoms with Crippen molar-refractivity contribution in [2.75, 3.05) is 0 Å². The van der Waals surface area contributed by atoms with Gasteiger partial charge in [-0.15, -0.1) is 10.2 Å². The first-order chi connectivity index (χ1) is 8.97. The summed E-state index contributed by atoms with van der Waals surface area (Å²) in [7, 11) is 0. The number of rotatable bonds is 6. The summed E-state index contributed by atoms with van der Waals surface area (Å²) in [4.78, 5) is 22.5. The molecule has 2 amide bonds. The Labute approximate surface area is 122 Å². The van der Waals surface area contributed by atoms with Crippen molar-refractivity contribution < 1.29 is 9.59 Å². The molecule has 19 heavy (non-hydrogen) atoms. The number of aromatic nitrogens is 2. The van der Waals surface area contributed by atoms with E-state index in [1.807, 2.05) is 0 Å².